The number of aromatic nitrogens is 4. The molecule has 1 aliphatic carbocycles. The molecule has 2 aromatic heterocycles. The summed E-state index contributed by atoms with van der Waals surface area (Å²) in [7, 11) is 0. The van der Waals surface area contributed by atoms with Gasteiger partial charge in [-0.3, -0.25) is 9.36 Å². The number of hydrogen-bond acceptors (Lipinski definition) is 4. The highest BCUT2D eigenvalue weighted by molar-refractivity contribution is 5.92. The molecule has 0 aliphatic heterocycles. The maximum atomic E-state index is 12.8. The maximum absolute atomic E-state index is 12.8. The largest absolute Gasteiger partial charge is 0.348 e. The van der Waals surface area contributed by atoms with E-state index in [1.54, 1.807) is 29.4 Å². The van der Waals surface area contributed by atoms with E-state index in [0.29, 0.717) is 31.6 Å². The van der Waals surface area contributed by atoms with Crippen LogP contribution in [0.1, 0.15) is 61.6 Å². The van der Waals surface area contributed by atoms with Gasteiger partial charge in [0.05, 0.1) is 0 Å². The van der Waals surface area contributed by atoms with Gasteiger partial charge in [0.25, 0.3) is 5.91 Å². The van der Waals surface area contributed by atoms with Crippen LogP contribution in [0.4, 0.5) is 8.78 Å². The number of carbonyl (C=O) groups excluding carboxylic acids is 1. The number of nitrogens with one attached hydrogen (secondary N) is 1. The first-order chi connectivity index (χ1) is 12.4. The lowest BCUT2D eigenvalue weighted by atomic mass is 9.86. The van der Waals surface area contributed by atoms with E-state index in [1.165, 1.54) is 0 Å². The smallest absolute Gasteiger partial charge is 0.270 e. The van der Waals surface area contributed by atoms with E-state index in [9.17, 15) is 13.6 Å². The molecule has 0 spiro atoms. The Morgan fingerprint density at radius 1 is 1.23 bits per heavy atom. The minimum absolute atomic E-state index is 0.0911. The van der Waals surface area contributed by atoms with Crippen LogP contribution in [0.3, 0.4) is 0 Å². The topological polar surface area (TPSA) is 72.7 Å². The number of carbonyl (C=O) groups is 1. The third-order valence-electron chi connectivity index (χ3n) is 4.76. The molecule has 140 valence electrons. The third kappa shape index (κ3) is 4.23. The Morgan fingerprint density at radius 3 is 2.54 bits per heavy atom. The summed E-state index contributed by atoms with van der Waals surface area (Å²) in [4.78, 5) is 25.5. The van der Waals surface area contributed by atoms with Crippen LogP contribution >= 0.6 is 0 Å². The van der Waals surface area contributed by atoms with Crippen molar-refractivity contribution in [2.24, 2.45) is 5.92 Å². The van der Waals surface area contributed by atoms with Crippen molar-refractivity contribution in [2.75, 3.05) is 0 Å². The second-order valence-corrected chi connectivity index (χ2v) is 7.02. The van der Waals surface area contributed by atoms with Gasteiger partial charge in [0.1, 0.15) is 12.0 Å². The lowest BCUT2D eigenvalue weighted by Gasteiger charge is -2.28. The van der Waals surface area contributed by atoms with Crippen molar-refractivity contribution < 1.29 is 13.6 Å². The van der Waals surface area contributed by atoms with Crippen LogP contribution in [0.5, 0.6) is 0 Å². The van der Waals surface area contributed by atoms with E-state index in [4.69, 9.17) is 0 Å². The standard InChI is InChI=1S/C18H23F2N5O/c1-11(2)14-9-15(24-18(23-14)25-8-7-21-10-25)17(26)22-13-5-3-12(4-6-13)16(19)20/h7-13,16H,3-6H2,1-2H3,(H,22,26)/t12-,13-. The molecule has 0 unspecified atom stereocenters. The number of alkyl halides is 2. The van der Waals surface area contributed by atoms with Crippen molar-refractivity contribution in [3.05, 3.63) is 36.2 Å². The molecule has 26 heavy (non-hydrogen) atoms. The zero-order valence-corrected chi connectivity index (χ0v) is 14.9. The molecule has 1 N–H and O–H groups in total. The summed E-state index contributed by atoms with van der Waals surface area (Å²) in [5, 5.41) is 2.93. The van der Waals surface area contributed by atoms with E-state index in [-0.39, 0.29) is 23.6 Å². The number of hydrogen-bond donors (Lipinski definition) is 1. The Hall–Kier alpha value is -2.38. The Balaban J connectivity index is 1.74. The van der Waals surface area contributed by atoms with Crippen molar-refractivity contribution in [3.8, 4) is 5.95 Å². The first kappa shape index (κ1) is 18.4. The summed E-state index contributed by atoms with van der Waals surface area (Å²) < 4.78 is 27.2. The average molecular weight is 363 g/mol. The molecule has 1 aliphatic rings. The lowest BCUT2D eigenvalue weighted by molar-refractivity contribution is 0.0499. The van der Waals surface area contributed by atoms with Gasteiger partial charge in [0, 0.05) is 30.0 Å². The van der Waals surface area contributed by atoms with E-state index in [0.717, 1.165) is 5.69 Å². The lowest BCUT2D eigenvalue weighted by Crippen LogP contribution is -2.39. The van der Waals surface area contributed by atoms with Crippen LogP contribution in [-0.2, 0) is 0 Å². The SMILES string of the molecule is CC(C)c1cc(C(=O)N[C@H]2CC[C@H](C(F)F)CC2)nc(-n2ccnc2)n1. The minimum atomic E-state index is -2.28. The molecule has 3 rings (SSSR count). The first-order valence-corrected chi connectivity index (χ1v) is 8.90. The Morgan fingerprint density at radius 2 is 1.96 bits per heavy atom. The van der Waals surface area contributed by atoms with Crippen LogP contribution in [0.2, 0.25) is 0 Å². The van der Waals surface area contributed by atoms with Gasteiger partial charge in [-0.15, -0.1) is 0 Å². The zero-order valence-electron chi connectivity index (χ0n) is 14.9. The molecule has 2 aromatic rings. The van der Waals surface area contributed by atoms with E-state index < -0.39 is 12.3 Å². The molecular weight excluding hydrogens is 340 g/mol. The third-order valence-corrected chi connectivity index (χ3v) is 4.76. The maximum Gasteiger partial charge on any atom is 0.270 e. The first-order valence-electron chi connectivity index (χ1n) is 8.90. The summed E-state index contributed by atoms with van der Waals surface area (Å²) >= 11 is 0. The van der Waals surface area contributed by atoms with Gasteiger partial charge in [0.2, 0.25) is 12.4 Å². The van der Waals surface area contributed by atoms with Gasteiger partial charge in [-0.2, -0.15) is 0 Å². The van der Waals surface area contributed by atoms with E-state index in [1.807, 2.05) is 13.8 Å². The molecule has 1 amide bonds. The normalized spacial score (nSPS) is 20.5. The number of nitrogens with zero attached hydrogens (tertiary/aromatic N) is 4. The van der Waals surface area contributed by atoms with Crippen LogP contribution in [0.15, 0.2) is 24.8 Å². The summed E-state index contributed by atoms with van der Waals surface area (Å²) in [6, 6.07) is 1.59. The number of rotatable bonds is 5. The van der Waals surface area contributed by atoms with Crippen LogP contribution in [0.25, 0.3) is 5.95 Å². The van der Waals surface area contributed by atoms with Crippen molar-refractivity contribution in [1.29, 1.82) is 0 Å². The van der Waals surface area contributed by atoms with Gasteiger partial charge in [-0.05, 0) is 37.7 Å². The number of halogens is 2. The average Bonchev–Trinajstić information content (AvgIpc) is 3.16. The molecule has 1 saturated carbocycles. The zero-order chi connectivity index (χ0) is 18.7. The van der Waals surface area contributed by atoms with Crippen molar-refractivity contribution in [3.63, 3.8) is 0 Å². The van der Waals surface area contributed by atoms with Gasteiger partial charge < -0.3 is 5.32 Å². The minimum Gasteiger partial charge on any atom is -0.348 e. The van der Waals surface area contributed by atoms with Crippen molar-refractivity contribution in [2.45, 2.75) is 57.9 Å². The van der Waals surface area contributed by atoms with Gasteiger partial charge >= 0.3 is 0 Å². The molecule has 1 fully saturated rings. The molecule has 0 saturated heterocycles. The molecule has 0 aromatic carbocycles. The fourth-order valence-corrected chi connectivity index (χ4v) is 3.13. The van der Waals surface area contributed by atoms with Gasteiger partial charge in [0.15, 0.2) is 0 Å². The predicted octanol–water partition coefficient (Wildman–Crippen LogP) is 3.34. The van der Waals surface area contributed by atoms with Crippen molar-refractivity contribution in [1.82, 2.24) is 24.8 Å². The quantitative estimate of drug-likeness (QED) is 0.884. The number of imidazole rings is 1. The summed E-state index contributed by atoms with van der Waals surface area (Å²) in [5.74, 6) is -0.327. The molecular formula is C18H23F2N5O. The molecule has 2 heterocycles. The summed E-state index contributed by atoms with van der Waals surface area (Å²) in [6.07, 6.45) is 4.63. The fourth-order valence-electron chi connectivity index (χ4n) is 3.13. The predicted molar refractivity (Wildman–Crippen MR) is 92.5 cm³/mol. The second kappa shape index (κ2) is 7.88. The summed E-state index contributed by atoms with van der Waals surface area (Å²) in [6.45, 7) is 3.99. The highest BCUT2D eigenvalue weighted by Crippen LogP contribution is 2.29. The molecule has 0 bridgehead atoms. The Labute approximate surface area is 151 Å². The molecule has 0 radical (unpaired) electrons. The molecule has 6 nitrogen and oxygen atoms in total. The Bertz CT molecular complexity index is 740. The Kier molecular flexibility index (Phi) is 5.58. The number of amides is 1. The van der Waals surface area contributed by atoms with E-state index in [2.05, 4.69) is 20.3 Å². The molecule has 0 atom stereocenters. The second-order valence-electron chi connectivity index (χ2n) is 7.02. The molecule has 8 heteroatoms. The highest BCUT2D eigenvalue weighted by Gasteiger charge is 2.28. The van der Waals surface area contributed by atoms with Crippen LogP contribution < -0.4 is 5.32 Å². The van der Waals surface area contributed by atoms with Crippen molar-refractivity contribution >= 4 is 5.91 Å². The monoisotopic (exact) mass is 363 g/mol. The van der Waals surface area contributed by atoms with Gasteiger partial charge in [-0.25, -0.2) is 23.7 Å². The summed E-state index contributed by atoms with van der Waals surface area (Å²) in [5.41, 5.74) is 1.04. The highest BCUT2D eigenvalue weighted by atomic mass is 19.3. The van der Waals surface area contributed by atoms with Crippen LogP contribution in [0, 0.1) is 5.92 Å². The van der Waals surface area contributed by atoms with Crippen LogP contribution in [-0.4, -0.2) is 37.9 Å². The van der Waals surface area contributed by atoms with Gasteiger partial charge in [-0.1, -0.05) is 13.8 Å². The fraction of sp³-hybridized carbons (Fsp3) is 0.556. The van der Waals surface area contributed by atoms with E-state index >= 15 is 0 Å².